The van der Waals surface area contributed by atoms with Crippen LogP contribution < -0.4 is 5.73 Å². The average molecular weight is 187 g/mol. The molecule has 0 aliphatic heterocycles. The first-order valence-electron chi connectivity index (χ1n) is 4.14. The van der Waals surface area contributed by atoms with Gasteiger partial charge in [-0.05, 0) is 12.8 Å². The lowest BCUT2D eigenvalue weighted by Gasteiger charge is -2.09. The maximum absolute atomic E-state index is 12.3. The van der Waals surface area contributed by atoms with E-state index < -0.39 is 12.0 Å². The summed E-state index contributed by atoms with van der Waals surface area (Å²) in [4.78, 5) is 3.93. The van der Waals surface area contributed by atoms with E-state index in [-0.39, 0.29) is 5.69 Å². The van der Waals surface area contributed by atoms with E-state index in [1.807, 2.05) is 0 Å². The van der Waals surface area contributed by atoms with E-state index in [0.29, 0.717) is 5.82 Å². The van der Waals surface area contributed by atoms with Crippen LogP contribution in [-0.2, 0) is 12.6 Å². The van der Waals surface area contributed by atoms with Gasteiger partial charge >= 0.3 is 0 Å². The lowest BCUT2D eigenvalue weighted by Crippen LogP contribution is -2.23. The Morgan fingerprint density at radius 2 is 2.23 bits per heavy atom. The Labute approximate surface area is 74.6 Å². The van der Waals surface area contributed by atoms with Crippen molar-refractivity contribution in [3.63, 3.8) is 0 Å². The van der Waals surface area contributed by atoms with Gasteiger partial charge in [0.05, 0.1) is 11.7 Å². The molecule has 0 aromatic carbocycles. The Hall–Kier alpha value is -0.970. The zero-order chi connectivity index (χ0) is 9.64. The largest absolute Gasteiger partial charge is 0.329 e. The van der Waals surface area contributed by atoms with Crippen LogP contribution in [0.25, 0.3) is 0 Å². The first kappa shape index (κ1) is 8.62. The molecule has 0 radical (unpaired) electrons. The van der Waals surface area contributed by atoms with Gasteiger partial charge in [0.25, 0.3) is 6.43 Å². The Bertz CT molecular complexity index is 328. The third-order valence-corrected chi connectivity index (χ3v) is 2.48. The van der Waals surface area contributed by atoms with E-state index in [1.165, 1.54) is 10.8 Å². The number of nitrogens with two attached hydrogens (primary N) is 1. The zero-order valence-electron chi connectivity index (χ0n) is 7.30. The summed E-state index contributed by atoms with van der Waals surface area (Å²) in [5, 5.41) is 0. The molecule has 2 rings (SSSR count). The first-order valence-corrected chi connectivity index (χ1v) is 4.14. The van der Waals surface area contributed by atoms with E-state index >= 15 is 0 Å². The van der Waals surface area contributed by atoms with Crippen molar-refractivity contribution >= 4 is 0 Å². The molecule has 13 heavy (non-hydrogen) atoms. The summed E-state index contributed by atoms with van der Waals surface area (Å²) in [5.74, 6) is 0.572. The third kappa shape index (κ3) is 1.23. The monoisotopic (exact) mass is 187 g/mol. The van der Waals surface area contributed by atoms with E-state index in [2.05, 4.69) is 4.98 Å². The van der Waals surface area contributed by atoms with Crippen LogP contribution in [0.15, 0.2) is 6.20 Å². The molecule has 0 amide bonds. The van der Waals surface area contributed by atoms with E-state index in [0.717, 1.165) is 12.8 Å². The van der Waals surface area contributed by atoms with E-state index in [4.69, 9.17) is 5.73 Å². The number of imidazole rings is 1. The highest BCUT2D eigenvalue weighted by molar-refractivity contribution is 5.19. The van der Waals surface area contributed by atoms with Crippen LogP contribution in [0.4, 0.5) is 8.78 Å². The SMILES string of the molecule is Cn1c(C(F)F)cnc1C1(N)CC1. The standard InChI is InChI=1S/C8H11F2N3/c1-13-5(6(9)10)4-12-7(13)8(11)2-3-8/h4,6H,2-3,11H2,1H3. The summed E-state index contributed by atoms with van der Waals surface area (Å²) in [6.07, 6.45) is 0.391. The zero-order valence-corrected chi connectivity index (χ0v) is 7.30. The summed E-state index contributed by atoms with van der Waals surface area (Å²) in [5.41, 5.74) is 5.35. The second-order valence-corrected chi connectivity index (χ2v) is 3.52. The van der Waals surface area contributed by atoms with Crippen molar-refractivity contribution in [2.24, 2.45) is 12.8 Å². The minimum Gasteiger partial charge on any atom is -0.329 e. The Morgan fingerprint density at radius 1 is 1.62 bits per heavy atom. The predicted molar refractivity (Wildman–Crippen MR) is 43.3 cm³/mol. The Kier molecular flexibility index (Phi) is 1.66. The van der Waals surface area contributed by atoms with E-state index in [1.54, 1.807) is 7.05 Å². The van der Waals surface area contributed by atoms with Crippen LogP contribution >= 0.6 is 0 Å². The molecule has 1 aromatic rings. The number of nitrogens with zero attached hydrogens (tertiary/aromatic N) is 2. The highest BCUT2D eigenvalue weighted by Crippen LogP contribution is 2.42. The van der Waals surface area contributed by atoms with Crippen LogP contribution in [0.5, 0.6) is 0 Å². The van der Waals surface area contributed by atoms with Crippen molar-refractivity contribution in [3.05, 3.63) is 17.7 Å². The fourth-order valence-electron chi connectivity index (χ4n) is 1.45. The molecule has 3 nitrogen and oxygen atoms in total. The molecule has 0 saturated heterocycles. The third-order valence-electron chi connectivity index (χ3n) is 2.48. The maximum atomic E-state index is 12.3. The second-order valence-electron chi connectivity index (χ2n) is 3.52. The highest BCUT2D eigenvalue weighted by Gasteiger charge is 2.44. The fraction of sp³-hybridized carbons (Fsp3) is 0.625. The topological polar surface area (TPSA) is 43.8 Å². The minimum absolute atomic E-state index is 0.0632. The first-order chi connectivity index (χ1) is 6.04. The maximum Gasteiger partial charge on any atom is 0.280 e. The van der Waals surface area contributed by atoms with Gasteiger partial charge in [0.1, 0.15) is 11.5 Å². The number of hydrogen-bond donors (Lipinski definition) is 1. The van der Waals surface area contributed by atoms with Crippen molar-refractivity contribution in [1.82, 2.24) is 9.55 Å². The van der Waals surface area contributed by atoms with Gasteiger partial charge in [0, 0.05) is 7.05 Å². The summed E-state index contributed by atoms with van der Waals surface area (Å²) < 4.78 is 26.1. The van der Waals surface area contributed by atoms with Gasteiger partial charge in [-0.3, -0.25) is 0 Å². The molecule has 1 aromatic heterocycles. The molecule has 1 heterocycles. The van der Waals surface area contributed by atoms with Crippen molar-refractivity contribution in [1.29, 1.82) is 0 Å². The molecule has 1 fully saturated rings. The van der Waals surface area contributed by atoms with Gasteiger partial charge in [-0.2, -0.15) is 0 Å². The summed E-state index contributed by atoms with van der Waals surface area (Å²) in [6.45, 7) is 0. The Morgan fingerprint density at radius 3 is 2.62 bits per heavy atom. The van der Waals surface area contributed by atoms with Crippen molar-refractivity contribution in [2.75, 3.05) is 0 Å². The molecule has 2 N–H and O–H groups in total. The van der Waals surface area contributed by atoms with Gasteiger partial charge in [0.15, 0.2) is 0 Å². The normalized spacial score (nSPS) is 19.5. The molecule has 1 aliphatic rings. The number of rotatable bonds is 2. The van der Waals surface area contributed by atoms with Crippen LogP contribution in [0, 0.1) is 0 Å². The quantitative estimate of drug-likeness (QED) is 0.758. The van der Waals surface area contributed by atoms with Gasteiger partial charge in [0.2, 0.25) is 0 Å². The molecule has 5 heteroatoms. The number of halogens is 2. The highest BCUT2D eigenvalue weighted by atomic mass is 19.3. The summed E-state index contributed by atoms with van der Waals surface area (Å²) in [7, 11) is 1.58. The molecule has 0 bridgehead atoms. The number of alkyl halides is 2. The molecule has 72 valence electrons. The fourth-order valence-corrected chi connectivity index (χ4v) is 1.45. The lowest BCUT2D eigenvalue weighted by molar-refractivity contribution is 0.142. The van der Waals surface area contributed by atoms with Crippen molar-refractivity contribution in [2.45, 2.75) is 24.8 Å². The Balaban J connectivity index is 2.39. The van der Waals surface area contributed by atoms with Crippen LogP contribution in [0.3, 0.4) is 0 Å². The number of aromatic nitrogens is 2. The minimum atomic E-state index is -2.48. The molecule has 0 spiro atoms. The smallest absolute Gasteiger partial charge is 0.280 e. The second kappa shape index (κ2) is 2.51. The molecular weight excluding hydrogens is 176 g/mol. The summed E-state index contributed by atoms with van der Waals surface area (Å²) in [6, 6.07) is 0. The van der Waals surface area contributed by atoms with E-state index in [9.17, 15) is 8.78 Å². The molecule has 1 saturated carbocycles. The number of hydrogen-bond acceptors (Lipinski definition) is 2. The lowest BCUT2D eigenvalue weighted by atomic mass is 10.3. The van der Waals surface area contributed by atoms with Crippen LogP contribution in [0.2, 0.25) is 0 Å². The molecule has 0 atom stereocenters. The predicted octanol–water partition coefficient (Wildman–Crippen LogP) is 1.31. The summed E-state index contributed by atoms with van der Waals surface area (Å²) >= 11 is 0. The van der Waals surface area contributed by atoms with Crippen molar-refractivity contribution in [3.8, 4) is 0 Å². The van der Waals surface area contributed by atoms with Gasteiger partial charge in [-0.15, -0.1) is 0 Å². The van der Waals surface area contributed by atoms with Gasteiger partial charge in [-0.1, -0.05) is 0 Å². The molecule has 1 aliphatic carbocycles. The average Bonchev–Trinajstić information content (AvgIpc) is 2.63. The van der Waals surface area contributed by atoms with Gasteiger partial charge < -0.3 is 10.3 Å². The molecular formula is C8H11F2N3. The molecule has 0 unspecified atom stereocenters. The van der Waals surface area contributed by atoms with Gasteiger partial charge in [-0.25, -0.2) is 13.8 Å². The van der Waals surface area contributed by atoms with Crippen molar-refractivity contribution < 1.29 is 8.78 Å². The van der Waals surface area contributed by atoms with Crippen LogP contribution in [0.1, 0.15) is 30.8 Å². The van der Waals surface area contributed by atoms with Crippen LogP contribution in [-0.4, -0.2) is 9.55 Å².